The summed E-state index contributed by atoms with van der Waals surface area (Å²) in [7, 11) is 0. The highest BCUT2D eigenvalue weighted by atomic mass is 13.9. The first-order valence-electron chi connectivity index (χ1n) is 4.22. The minimum atomic E-state index is 0. The second kappa shape index (κ2) is 30.6. The van der Waals surface area contributed by atoms with E-state index < -0.39 is 0 Å². The SMILES string of the molecule is C.C.C.CCC.CCC(C)CC. The van der Waals surface area contributed by atoms with Gasteiger partial charge in [-0.3, -0.25) is 0 Å². The third kappa shape index (κ3) is 50.6. The van der Waals surface area contributed by atoms with Gasteiger partial charge < -0.3 is 0 Å². The molecule has 0 aromatic heterocycles. The molecule has 12 heavy (non-hydrogen) atoms. The summed E-state index contributed by atoms with van der Waals surface area (Å²) in [6.07, 6.45) is 3.91. The standard InChI is InChI=1S/C6H14.C3H8.3CH4/c1-4-6(3)5-2;1-3-2;;;/h6H,4-5H2,1-3H3;3H2,1-2H3;3*1H4. The summed E-state index contributed by atoms with van der Waals surface area (Å²) in [5.41, 5.74) is 0. The Kier molecular flexibility index (Phi) is 75.5. The summed E-state index contributed by atoms with van der Waals surface area (Å²) < 4.78 is 0. The molecule has 0 atom stereocenters. The predicted octanol–water partition coefficient (Wildman–Crippen LogP) is 5.77. The van der Waals surface area contributed by atoms with E-state index in [9.17, 15) is 0 Å². The Morgan fingerprint density at radius 2 is 0.917 bits per heavy atom. The van der Waals surface area contributed by atoms with Crippen molar-refractivity contribution >= 4 is 0 Å². The Morgan fingerprint density at radius 3 is 0.917 bits per heavy atom. The van der Waals surface area contributed by atoms with Crippen molar-refractivity contribution in [2.24, 2.45) is 5.92 Å². The maximum Gasteiger partial charge on any atom is -0.0448 e. The molecule has 0 aromatic rings. The second-order valence-corrected chi connectivity index (χ2v) is 2.63. The fourth-order valence-corrected chi connectivity index (χ4v) is 0.289. The van der Waals surface area contributed by atoms with Crippen LogP contribution in [-0.4, -0.2) is 0 Å². The molecule has 0 aliphatic carbocycles. The first kappa shape index (κ1) is 29.6. The Labute approximate surface area is 82.8 Å². The highest BCUT2D eigenvalue weighted by molar-refractivity contribution is 4.41. The van der Waals surface area contributed by atoms with Crippen LogP contribution >= 0.6 is 0 Å². The van der Waals surface area contributed by atoms with Crippen LogP contribution in [0.15, 0.2) is 0 Å². The summed E-state index contributed by atoms with van der Waals surface area (Å²) in [4.78, 5) is 0. The van der Waals surface area contributed by atoms with Crippen molar-refractivity contribution in [3.05, 3.63) is 0 Å². The molecule has 0 aliphatic rings. The van der Waals surface area contributed by atoms with Crippen molar-refractivity contribution in [2.75, 3.05) is 0 Å². The molecule has 0 aromatic carbocycles. The lowest BCUT2D eigenvalue weighted by atomic mass is 10.1. The fourth-order valence-electron chi connectivity index (χ4n) is 0.289. The highest BCUT2D eigenvalue weighted by Gasteiger charge is 1.88. The second-order valence-electron chi connectivity index (χ2n) is 2.63. The zero-order chi connectivity index (χ0) is 7.70. The Balaban J connectivity index is -0.0000000246. The van der Waals surface area contributed by atoms with Crippen LogP contribution in [0, 0.1) is 5.92 Å². The molecule has 0 rings (SSSR count). The molecule has 0 heterocycles. The van der Waals surface area contributed by atoms with E-state index in [1.807, 2.05) is 0 Å². The van der Waals surface area contributed by atoms with E-state index in [2.05, 4.69) is 34.6 Å². The van der Waals surface area contributed by atoms with E-state index in [1.54, 1.807) is 0 Å². The van der Waals surface area contributed by atoms with Crippen molar-refractivity contribution in [1.82, 2.24) is 0 Å². The molecule has 0 nitrogen and oxygen atoms in total. The molecule has 82 valence electrons. The molecule has 0 spiro atoms. The van der Waals surface area contributed by atoms with Gasteiger partial charge in [-0.2, -0.15) is 0 Å². The van der Waals surface area contributed by atoms with Gasteiger partial charge in [0, 0.05) is 0 Å². The van der Waals surface area contributed by atoms with Gasteiger partial charge in [-0.15, -0.1) is 0 Å². The van der Waals surface area contributed by atoms with Crippen LogP contribution in [0.25, 0.3) is 0 Å². The molecule has 0 saturated heterocycles. The maximum atomic E-state index is 2.28. The summed E-state index contributed by atoms with van der Waals surface area (Å²) in [5, 5.41) is 0. The smallest absolute Gasteiger partial charge is 0.0448 e. The number of hydrogen-bond acceptors (Lipinski definition) is 0. The summed E-state index contributed by atoms with van der Waals surface area (Å²) in [5.74, 6) is 0.935. The molecule has 0 N–H and O–H groups in total. The summed E-state index contributed by atoms with van der Waals surface area (Å²) >= 11 is 0. The van der Waals surface area contributed by atoms with Gasteiger partial charge in [-0.1, -0.05) is 76.2 Å². The van der Waals surface area contributed by atoms with E-state index >= 15 is 0 Å². The minimum absolute atomic E-state index is 0. The van der Waals surface area contributed by atoms with Crippen LogP contribution < -0.4 is 0 Å². The van der Waals surface area contributed by atoms with Gasteiger partial charge in [0.05, 0.1) is 0 Å². The number of rotatable bonds is 2. The summed E-state index contributed by atoms with van der Waals surface area (Å²) in [6.45, 7) is 11.0. The van der Waals surface area contributed by atoms with Gasteiger partial charge in [0.15, 0.2) is 0 Å². The molecular formula is C12H34. The predicted molar refractivity (Wildman–Crippen MR) is 65.9 cm³/mol. The molecule has 0 bridgehead atoms. The molecule has 0 saturated carbocycles. The van der Waals surface area contributed by atoms with Gasteiger partial charge >= 0.3 is 0 Å². The molecular weight excluding hydrogens is 144 g/mol. The molecule has 0 radical (unpaired) electrons. The van der Waals surface area contributed by atoms with Crippen molar-refractivity contribution in [1.29, 1.82) is 0 Å². The van der Waals surface area contributed by atoms with Crippen molar-refractivity contribution < 1.29 is 0 Å². The molecule has 0 unspecified atom stereocenters. The average molecular weight is 178 g/mol. The number of hydrogen-bond donors (Lipinski definition) is 0. The van der Waals surface area contributed by atoms with Crippen molar-refractivity contribution in [3.8, 4) is 0 Å². The molecule has 0 fully saturated rings. The quantitative estimate of drug-likeness (QED) is 0.504. The van der Waals surface area contributed by atoms with Gasteiger partial charge in [-0.05, 0) is 5.92 Å². The lowest BCUT2D eigenvalue weighted by Gasteiger charge is -1.98. The monoisotopic (exact) mass is 178 g/mol. The Bertz CT molecular complexity index is 27.0. The topological polar surface area (TPSA) is 0 Å². The zero-order valence-corrected chi connectivity index (χ0v) is 7.70. The van der Waals surface area contributed by atoms with Crippen LogP contribution in [-0.2, 0) is 0 Å². The van der Waals surface area contributed by atoms with Crippen LogP contribution in [0.1, 0.15) is 76.2 Å². The van der Waals surface area contributed by atoms with E-state index in [-0.39, 0.29) is 22.3 Å². The minimum Gasteiger partial charge on any atom is -0.0776 e. The average Bonchev–Trinajstić information content (AvgIpc) is 1.88. The third-order valence-electron chi connectivity index (χ3n) is 1.39. The first-order valence-corrected chi connectivity index (χ1v) is 4.22. The highest BCUT2D eigenvalue weighted by Crippen LogP contribution is 2.02. The lowest BCUT2D eigenvalue weighted by molar-refractivity contribution is 0.544. The van der Waals surface area contributed by atoms with Gasteiger partial charge in [0.2, 0.25) is 0 Å². The largest absolute Gasteiger partial charge is 0.0776 e. The maximum absolute atomic E-state index is 2.28. The van der Waals surface area contributed by atoms with E-state index in [0.717, 1.165) is 5.92 Å². The van der Waals surface area contributed by atoms with Crippen LogP contribution in [0.2, 0.25) is 0 Å². The fraction of sp³-hybridized carbons (Fsp3) is 1.00. The van der Waals surface area contributed by atoms with Crippen molar-refractivity contribution in [2.45, 2.75) is 76.2 Å². The summed E-state index contributed by atoms with van der Waals surface area (Å²) in [6, 6.07) is 0. The van der Waals surface area contributed by atoms with Crippen LogP contribution in [0.4, 0.5) is 0 Å². The van der Waals surface area contributed by atoms with Crippen LogP contribution in [0.3, 0.4) is 0 Å². The molecule has 0 heteroatoms. The van der Waals surface area contributed by atoms with Gasteiger partial charge in [0.1, 0.15) is 0 Å². The normalized spacial score (nSPS) is 6.50. The van der Waals surface area contributed by atoms with E-state index in [4.69, 9.17) is 0 Å². The van der Waals surface area contributed by atoms with E-state index in [1.165, 1.54) is 19.3 Å². The molecule has 0 aliphatic heterocycles. The zero-order valence-electron chi connectivity index (χ0n) is 7.70. The van der Waals surface area contributed by atoms with Crippen molar-refractivity contribution in [3.63, 3.8) is 0 Å². The van der Waals surface area contributed by atoms with Gasteiger partial charge in [0.25, 0.3) is 0 Å². The Morgan fingerprint density at radius 1 is 0.750 bits per heavy atom. The van der Waals surface area contributed by atoms with Crippen LogP contribution in [0.5, 0.6) is 0 Å². The molecule has 0 amide bonds. The van der Waals surface area contributed by atoms with E-state index in [0.29, 0.717) is 0 Å². The first-order chi connectivity index (χ1) is 4.22. The third-order valence-corrected chi connectivity index (χ3v) is 1.39. The Hall–Kier alpha value is 0. The lowest BCUT2D eigenvalue weighted by Crippen LogP contribution is -1.85. The van der Waals surface area contributed by atoms with Gasteiger partial charge in [-0.25, -0.2) is 0 Å².